The summed E-state index contributed by atoms with van der Waals surface area (Å²) in [6, 6.07) is 0. The molecular weight excluding hydrogens is 246 g/mol. The summed E-state index contributed by atoms with van der Waals surface area (Å²) in [5.41, 5.74) is 1.01. The molecule has 1 fully saturated rings. The molecule has 98 valence electrons. The molecule has 7 heteroatoms. The largest absolute Gasteiger partial charge is 0.475 e. The second kappa shape index (κ2) is 4.56. The van der Waals surface area contributed by atoms with Crippen molar-refractivity contribution >= 4 is 5.97 Å². The van der Waals surface area contributed by atoms with Crippen molar-refractivity contribution in [2.24, 2.45) is 0 Å². The number of hydrogen-bond donors (Lipinski definition) is 1. The number of alkyl halides is 2. The highest BCUT2D eigenvalue weighted by Gasteiger charge is 2.37. The lowest BCUT2D eigenvalue weighted by Crippen LogP contribution is -2.31. The molecule has 0 bridgehead atoms. The summed E-state index contributed by atoms with van der Waals surface area (Å²) < 4.78 is 31.0. The highest BCUT2D eigenvalue weighted by atomic mass is 19.3. The molecule has 1 unspecified atom stereocenters. The van der Waals surface area contributed by atoms with Gasteiger partial charge in [-0.1, -0.05) is 0 Å². The molecule has 1 atom stereocenters. The minimum atomic E-state index is -2.81. The van der Waals surface area contributed by atoms with Crippen molar-refractivity contribution in [2.45, 2.75) is 31.8 Å². The fourth-order valence-corrected chi connectivity index (χ4v) is 1.82. The quantitative estimate of drug-likeness (QED) is 0.878. The minimum absolute atomic E-state index is 0.115. The molecule has 0 saturated carbocycles. The van der Waals surface area contributed by atoms with Crippen molar-refractivity contribution in [1.29, 1.82) is 0 Å². The summed E-state index contributed by atoms with van der Waals surface area (Å²) in [5.74, 6) is -4.42. The number of carboxylic acids is 1. The normalized spacial score (nSPS) is 22.7. The zero-order valence-electron chi connectivity index (χ0n) is 9.69. The van der Waals surface area contributed by atoms with Gasteiger partial charge in [0, 0.05) is 12.6 Å². The molecule has 0 spiro atoms. The first-order valence-corrected chi connectivity index (χ1v) is 5.45. The molecule has 0 aliphatic carbocycles. The van der Waals surface area contributed by atoms with Crippen LogP contribution in [0, 0.1) is 6.92 Å². The predicted molar refractivity (Wildman–Crippen MR) is 56.6 cm³/mol. The lowest BCUT2D eigenvalue weighted by molar-refractivity contribution is -0.146. The molecule has 0 radical (unpaired) electrons. The van der Waals surface area contributed by atoms with Crippen LogP contribution in [0.2, 0.25) is 0 Å². The van der Waals surface area contributed by atoms with Crippen molar-refractivity contribution in [1.82, 2.24) is 9.97 Å². The van der Waals surface area contributed by atoms with E-state index in [0.29, 0.717) is 11.3 Å². The van der Waals surface area contributed by atoms with E-state index in [9.17, 15) is 13.6 Å². The van der Waals surface area contributed by atoms with Gasteiger partial charge in [-0.15, -0.1) is 0 Å². The summed E-state index contributed by atoms with van der Waals surface area (Å²) in [4.78, 5) is 18.3. The van der Waals surface area contributed by atoms with E-state index < -0.39 is 24.6 Å². The number of aryl methyl sites for hydroxylation is 1. The lowest BCUT2D eigenvalue weighted by atomic mass is 10.0. The highest BCUT2D eigenvalue weighted by Crippen LogP contribution is 2.35. The van der Waals surface area contributed by atoms with Gasteiger partial charge in [-0.25, -0.2) is 23.5 Å². The number of ether oxygens (including phenoxy) is 1. The fraction of sp³-hybridized carbons (Fsp3) is 0.545. The summed E-state index contributed by atoms with van der Waals surface area (Å²) in [6.07, 6.45) is 0.598. The first-order valence-electron chi connectivity index (χ1n) is 5.45. The molecule has 1 saturated heterocycles. The smallest absolute Gasteiger partial charge is 0.373 e. The number of aromatic carboxylic acids is 1. The van der Waals surface area contributed by atoms with E-state index in [0.717, 1.165) is 0 Å². The Balaban J connectivity index is 2.23. The lowest BCUT2D eigenvalue weighted by Gasteiger charge is -2.29. The van der Waals surface area contributed by atoms with Crippen LogP contribution in [-0.4, -0.2) is 33.6 Å². The van der Waals surface area contributed by atoms with Gasteiger partial charge in [0.15, 0.2) is 0 Å². The third-order valence-corrected chi connectivity index (χ3v) is 2.78. The predicted octanol–water partition coefficient (Wildman–Crippen LogP) is 1.97. The third-order valence-electron chi connectivity index (χ3n) is 2.78. The summed E-state index contributed by atoms with van der Waals surface area (Å²) in [5, 5.41) is 8.80. The standard InChI is InChI=1S/C11H12F2N2O3/c1-6-4-14-9(10(16)17)15-8(6)7-2-3-11(12,13)5-18-7/h4,7H,2-3,5H2,1H3,(H,16,17). The number of rotatable bonds is 2. The zero-order valence-corrected chi connectivity index (χ0v) is 9.69. The van der Waals surface area contributed by atoms with Gasteiger partial charge in [0.2, 0.25) is 5.82 Å². The molecule has 1 N–H and O–H groups in total. The number of carbonyl (C=O) groups is 1. The van der Waals surface area contributed by atoms with Gasteiger partial charge in [0.25, 0.3) is 5.92 Å². The summed E-state index contributed by atoms with van der Waals surface area (Å²) in [7, 11) is 0. The fourth-order valence-electron chi connectivity index (χ4n) is 1.82. The number of nitrogens with zero attached hydrogens (tertiary/aromatic N) is 2. The van der Waals surface area contributed by atoms with Gasteiger partial charge in [0.1, 0.15) is 12.7 Å². The van der Waals surface area contributed by atoms with Crippen LogP contribution in [0.25, 0.3) is 0 Å². The van der Waals surface area contributed by atoms with Gasteiger partial charge in [-0.3, -0.25) is 0 Å². The van der Waals surface area contributed by atoms with E-state index in [1.807, 2.05) is 0 Å². The van der Waals surface area contributed by atoms with Gasteiger partial charge >= 0.3 is 5.97 Å². The van der Waals surface area contributed by atoms with E-state index >= 15 is 0 Å². The van der Waals surface area contributed by atoms with Crippen molar-refractivity contribution in [3.8, 4) is 0 Å². The average molecular weight is 258 g/mol. The van der Waals surface area contributed by atoms with Gasteiger partial charge in [-0.05, 0) is 18.9 Å². The Morgan fingerprint density at radius 3 is 2.89 bits per heavy atom. The van der Waals surface area contributed by atoms with E-state index in [1.54, 1.807) is 6.92 Å². The molecule has 1 aliphatic rings. The minimum Gasteiger partial charge on any atom is -0.475 e. The molecule has 0 aromatic carbocycles. The molecule has 18 heavy (non-hydrogen) atoms. The van der Waals surface area contributed by atoms with E-state index in [4.69, 9.17) is 9.84 Å². The Hall–Kier alpha value is -1.63. The molecule has 2 rings (SSSR count). The number of aromatic nitrogens is 2. The van der Waals surface area contributed by atoms with Crippen LogP contribution in [0.3, 0.4) is 0 Å². The van der Waals surface area contributed by atoms with Crippen molar-refractivity contribution in [3.63, 3.8) is 0 Å². The Kier molecular flexibility index (Phi) is 3.25. The SMILES string of the molecule is Cc1cnc(C(=O)O)nc1C1CCC(F)(F)CO1. The van der Waals surface area contributed by atoms with E-state index in [2.05, 4.69) is 9.97 Å². The third kappa shape index (κ3) is 2.61. The van der Waals surface area contributed by atoms with Crippen LogP contribution < -0.4 is 0 Å². The first kappa shape index (κ1) is 12.8. The highest BCUT2D eigenvalue weighted by molar-refractivity contribution is 5.83. The van der Waals surface area contributed by atoms with Crippen LogP contribution in [0.4, 0.5) is 8.78 Å². The molecule has 1 aromatic rings. The Morgan fingerprint density at radius 1 is 1.61 bits per heavy atom. The van der Waals surface area contributed by atoms with Crippen LogP contribution >= 0.6 is 0 Å². The maximum Gasteiger partial charge on any atom is 0.373 e. The van der Waals surface area contributed by atoms with Crippen LogP contribution in [0.15, 0.2) is 6.20 Å². The van der Waals surface area contributed by atoms with Crippen LogP contribution in [0.1, 0.15) is 40.8 Å². The van der Waals surface area contributed by atoms with Crippen molar-refractivity contribution < 1.29 is 23.4 Å². The maximum absolute atomic E-state index is 12.9. The topological polar surface area (TPSA) is 72.3 Å². The summed E-state index contributed by atoms with van der Waals surface area (Å²) in [6.45, 7) is 1.03. The molecule has 1 aliphatic heterocycles. The molecule has 0 amide bonds. The number of halogens is 2. The number of hydrogen-bond acceptors (Lipinski definition) is 4. The van der Waals surface area contributed by atoms with E-state index in [-0.39, 0.29) is 18.7 Å². The number of carboxylic acid groups (broad SMARTS) is 1. The van der Waals surface area contributed by atoms with Crippen molar-refractivity contribution in [3.05, 3.63) is 23.3 Å². The van der Waals surface area contributed by atoms with Crippen LogP contribution in [0.5, 0.6) is 0 Å². The molecule has 5 nitrogen and oxygen atoms in total. The van der Waals surface area contributed by atoms with Gasteiger partial charge in [-0.2, -0.15) is 0 Å². The second-order valence-corrected chi connectivity index (χ2v) is 4.26. The molecule has 2 heterocycles. The van der Waals surface area contributed by atoms with Crippen molar-refractivity contribution in [2.75, 3.05) is 6.61 Å². The van der Waals surface area contributed by atoms with Gasteiger partial charge < -0.3 is 9.84 Å². The molecular formula is C11H12F2N2O3. The monoisotopic (exact) mass is 258 g/mol. The Labute approximate surface area is 102 Å². The van der Waals surface area contributed by atoms with Crippen LogP contribution in [-0.2, 0) is 4.74 Å². The average Bonchev–Trinajstić information content (AvgIpc) is 2.30. The Morgan fingerprint density at radius 2 is 2.33 bits per heavy atom. The first-order chi connectivity index (χ1) is 8.39. The zero-order chi connectivity index (χ0) is 13.3. The second-order valence-electron chi connectivity index (χ2n) is 4.26. The Bertz CT molecular complexity index is 469. The maximum atomic E-state index is 12.9. The van der Waals surface area contributed by atoms with Gasteiger partial charge in [0.05, 0.1) is 5.69 Å². The van der Waals surface area contributed by atoms with E-state index in [1.165, 1.54) is 6.20 Å². The summed E-state index contributed by atoms with van der Waals surface area (Å²) >= 11 is 0. The molecule has 1 aromatic heterocycles.